The summed E-state index contributed by atoms with van der Waals surface area (Å²) in [5.74, 6) is 0.0259. The van der Waals surface area contributed by atoms with Crippen LogP contribution in [0.25, 0.3) is 11.6 Å². The lowest BCUT2D eigenvalue weighted by Crippen LogP contribution is -2.36. The molecule has 11 heteroatoms. The molecule has 31 heavy (non-hydrogen) atoms. The van der Waals surface area contributed by atoms with Gasteiger partial charge in [0.05, 0.1) is 17.6 Å². The highest BCUT2D eigenvalue weighted by Crippen LogP contribution is 2.23. The third-order valence-electron chi connectivity index (χ3n) is 4.73. The van der Waals surface area contributed by atoms with Crippen LogP contribution < -0.4 is 0 Å². The number of aliphatic carboxylic acids is 1. The van der Waals surface area contributed by atoms with Crippen molar-refractivity contribution in [3.8, 4) is 11.6 Å². The Morgan fingerprint density at radius 1 is 1.03 bits per heavy atom. The van der Waals surface area contributed by atoms with Gasteiger partial charge in [0, 0.05) is 38.8 Å². The van der Waals surface area contributed by atoms with Crippen molar-refractivity contribution in [3.05, 3.63) is 24.3 Å². The van der Waals surface area contributed by atoms with Crippen LogP contribution in [0.2, 0.25) is 0 Å². The van der Waals surface area contributed by atoms with Crippen LogP contribution in [-0.2, 0) is 20.7 Å². The third kappa shape index (κ3) is 7.59. The van der Waals surface area contributed by atoms with E-state index >= 15 is 0 Å². The van der Waals surface area contributed by atoms with E-state index in [1.54, 1.807) is 44.3 Å². The number of rotatable bonds is 11. The van der Waals surface area contributed by atoms with E-state index in [4.69, 9.17) is 4.74 Å². The molecule has 0 aliphatic rings. The number of carbonyl (C=O) groups excluding carboxylic acids is 1. The van der Waals surface area contributed by atoms with Crippen molar-refractivity contribution in [2.24, 2.45) is 5.41 Å². The Labute approximate surface area is 181 Å². The molecule has 0 saturated heterocycles. The highest BCUT2D eigenvalue weighted by atomic mass is 16.5. The number of aromatic nitrogens is 6. The zero-order valence-corrected chi connectivity index (χ0v) is 18.6. The van der Waals surface area contributed by atoms with Gasteiger partial charge in [0.15, 0.2) is 5.82 Å². The quantitative estimate of drug-likeness (QED) is 0.554. The van der Waals surface area contributed by atoms with E-state index in [1.807, 2.05) is 13.8 Å². The molecule has 0 unspecified atom stereocenters. The molecule has 0 aliphatic heterocycles. The highest BCUT2D eigenvalue weighted by Gasteiger charge is 2.31. The summed E-state index contributed by atoms with van der Waals surface area (Å²) in [7, 11) is 1.71. The first-order valence-corrected chi connectivity index (χ1v) is 9.95. The molecule has 0 aliphatic carbocycles. The monoisotopic (exact) mass is 431 g/mol. The van der Waals surface area contributed by atoms with Crippen LogP contribution in [0.15, 0.2) is 18.5 Å². The van der Waals surface area contributed by atoms with Crippen LogP contribution in [0.5, 0.6) is 0 Å². The summed E-state index contributed by atoms with van der Waals surface area (Å²) in [5.41, 5.74) is -1.60. The van der Waals surface area contributed by atoms with Gasteiger partial charge in [-0.25, -0.2) is 9.97 Å². The molecule has 2 heterocycles. The van der Waals surface area contributed by atoms with Crippen molar-refractivity contribution in [2.45, 2.75) is 52.6 Å². The third-order valence-corrected chi connectivity index (χ3v) is 4.73. The van der Waals surface area contributed by atoms with E-state index in [0.29, 0.717) is 31.0 Å². The van der Waals surface area contributed by atoms with Crippen molar-refractivity contribution >= 4 is 11.9 Å². The Bertz CT molecular complexity index is 873. The summed E-state index contributed by atoms with van der Waals surface area (Å²) >= 11 is 0. The Hall–Kier alpha value is -3.08. The van der Waals surface area contributed by atoms with Crippen LogP contribution in [0.4, 0.5) is 0 Å². The number of carboxylic acids is 1. The average Bonchev–Trinajstić information content (AvgIpc) is 2.75. The molecule has 0 saturated carbocycles. The maximum Gasteiger partial charge on any atom is 0.311 e. The molecular formula is C20H29N7O4. The first-order chi connectivity index (χ1) is 14.5. The molecule has 2 rings (SSSR count). The summed E-state index contributed by atoms with van der Waals surface area (Å²) in [4.78, 5) is 33.3. The van der Waals surface area contributed by atoms with Crippen LogP contribution in [0.1, 0.15) is 46.4 Å². The van der Waals surface area contributed by atoms with Crippen molar-refractivity contribution in [2.75, 3.05) is 20.2 Å². The molecule has 1 amide bonds. The van der Waals surface area contributed by atoms with Gasteiger partial charge in [0.25, 0.3) is 0 Å². The SMILES string of the molecule is CN(CCc1nnc(-c2ncccn2)nn1)C(=O)CCC(C)(C)OCC(C)(C)C(=O)O. The molecule has 0 atom stereocenters. The van der Waals surface area contributed by atoms with Gasteiger partial charge in [-0.3, -0.25) is 9.59 Å². The van der Waals surface area contributed by atoms with Gasteiger partial charge in [-0.2, -0.15) is 0 Å². The molecule has 0 radical (unpaired) electrons. The van der Waals surface area contributed by atoms with E-state index in [9.17, 15) is 14.7 Å². The molecule has 0 fully saturated rings. The molecule has 0 spiro atoms. The van der Waals surface area contributed by atoms with Gasteiger partial charge >= 0.3 is 5.97 Å². The fourth-order valence-electron chi connectivity index (χ4n) is 2.36. The maximum absolute atomic E-state index is 12.4. The summed E-state index contributed by atoms with van der Waals surface area (Å²) in [5, 5.41) is 25.2. The van der Waals surface area contributed by atoms with E-state index < -0.39 is 17.0 Å². The zero-order chi connectivity index (χ0) is 23.1. The molecule has 1 N–H and O–H groups in total. The number of ether oxygens (including phenoxy) is 1. The van der Waals surface area contributed by atoms with Gasteiger partial charge in [-0.1, -0.05) is 0 Å². The second kappa shape index (κ2) is 10.3. The molecule has 2 aromatic rings. The number of likely N-dealkylation sites (N-methyl/N-ethyl adjacent to an activating group) is 1. The Morgan fingerprint density at radius 3 is 2.23 bits per heavy atom. The number of nitrogens with zero attached hydrogens (tertiary/aromatic N) is 7. The van der Waals surface area contributed by atoms with Gasteiger partial charge in [-0.05, 0) is 40.2 Å². The number of carboxylic acid groups (broad SMARTS) is 1. The number of hydrogen-bond acceptors (Lipinski definition) is 9. The minimum Gasteiger partial charge on any atom is -0.481 e. The molecule has 0 bridgehead atoms. The lowest BCUT2D eigenvalue weighted by molar-refractivity contribution is -0.155. The van der Waals surface area contributed by atoms with Crippen LogP contribution >= 0.6 is 0 Å². The van der Waals surface area contributed by atoms with Crippen LogP contribution in [-0.4, -0.2) is 78.0 Å². The summed E-state index contributed by atoms with van der Waals surface area (Å²) in [6.45, 7) is 7.39. The second-order valence-electron chi connectivity index (χ2n) is 8.51. The largest absolute Gasteiger partial charge is 0.481 e. The molecule has 11 nitrogen and oxygen atoms in total. The second-order valence-corrected chi connectivity index (χ2v) is 8.51. The predicted octanol–water partition coefficient (Wildman–Crippen LogP) is 1.41. The standard InChI is InChI=1S/C20H29N7O4/c1-19(2,18(29)30)13-31-20(3,4)9-7-15(28)27(5)12-8-14-23-25-17(26-24-14)16-21-10-6-11-22-16/h6,10-11H,7-9,12-13H2,1-5H3,(H,29,30). The lowest BCUT2D eigenvalue weighted by atomic mass is 9.94. The zero-order valence-electron chi connectivity index (χ0n) is 18.6. The van der Waals surface area contributed by atoms with Crippen molar-refractivity contribution in [1.29, 1.82) is 0 Å². The topological polar surface area (TPSA) is 144 Å². The van der Waals surface area contributed by atoms with Crippen LogP contribution in [0, 0.1) is 5.41 Å². The highest BCUT2D eigenvalue weighted by molar-refractivity contribution is 5.76. The van der Waals surface area contributed by atoms with E-state index in [-0.39, 0.29) is 24.8 Å². The Balaban J connectivity index is 1.78. The van der Waals surface area contributed by atoms with Gasteiger partial charge in [0.1, 0.15) is 0 Å². The predicted molar refractivity (Wildman–Crippen MR) is 111 cm³/mol. The number of carbonyl (C=O) groups is 2. The Kier molecular flexibility index (Phi) is 8.03. The molecule has 168 valence electrons. The fraction of sp³-hybridized carbons (Fsp3) is 0.600. The summed E-state index contributed by atoms with van der Waals surface area (Å²) in [6.07, 6.45) is 4.32. The summed E-state index contributed by atoms with van der Waals surface area (Å²) < 4.78 is 5.76. The fourth-order valence-corrected chi connectivity index (χ4v) is 2.36. The molecular weight excluding hydrogens is 402 g/mol. The molecule has 2 aromatic heterocycles. The normalized spacial score (nSPS) is 11.9. The average molecular weight is 431 g/mol. The van der Waals surface area contributed by atoms with Gasteiger partial charge in [0.2, 0.25) is 17.6 Å². The summed E-state index contributed by atoms with van der Waals surface area (Å²) in [6, 6.07) is 1.69. The minimum absolute atomic E-state index is 0.0515. The van der Waals surface area contributed by atoms with Crippen LogP contribution in [0.3, 0.4) is 0 Å². The van der Waals surface area contributed by atoms with Crippen molar-refractivity contribution in [1.82, 2.24) is 35.3 Å². The van der Waals surface area contributed by atoms with Crippen molar-refractivity contribution in [3.63, 3.8) is 0 Å². The van der Waals surface area contributed by atoms with Crippen molar-refractivity contribution < 1.29 is 19.4 Å². The molecule has 0 aromatic carbocycles. The number of amides is 1. The first-order valence-electron chi connectivity index (χ1n) is 9.95. The van der Waals surface area contributed by atoms with E-state index in [1.165, 1.54) is 0 Å². The lowest BCUT2D eigenvalue weighted by Gasteiger charge is -2.30. The van der Waals surface area contributed by atoms with E-state index in [2.05, 4.69) is 30.4 Å². The number of hydrogen-bond donors (Lipinski definition) is 1. The first kappa shape index (κ1) is 24.2. The smallest absolute Gasteiger partial charge is 0.311 e. The van der Waals surface area contributed by atoms with Gasteiger partial charge < -0.3 is 14.7 Å². The van der Waals surface area contributed by atoms with Gasteiger partial charge in [-0.15, -0.1) is 20.4 Å². The Morgan fingerprint density at radius 2 is 1.65 bits per heavy atom. The minimum atomic E-state index is -0.984. The maximum atomic E-state index is 12.4. The van der Waals surface area contributed by atoms with E-state index in [0.717, 1.165) is 0 Å².